The van der Waals surface area contributed by atoms with Gasteiger partial charge in [-0.2, -0.15) is 0 Å². The molecule has 25 heavy (non-hydrogen) atoms. The second kappa shape index (κ2) is 7.02. The highest BCUT2D eigenvalue weighted by Crippen LogP contribution is 2.25. The molecule has 1 fully saturated rings. The topological polar surface area (TPSA) is 115 Å². The summed E-state index contributed by atoms with van der Waals surface area (Å²) in [4.78, 5) is 23.7. The summed E-state index contributed by atoms with van der Waals surface area (Å²) in [5.41, 5.74) is 0.378. The number of benzene rings is 1. The van der Waals surface area contributed by atoms with Gasteiger partial charge in [-0.15, -0.1) is 10.2 Å². The number of aromatic nitrogens is 2. The Morgan fingerprint density at radius 3 is 2.44 bits per heavy atom. The molecular formula is C17H19N3O5. The third-order valence-corrected chi connectivity index (χ3v) is 4.24. The van der Waals surface area contributed by atoms with Gasteiger partial charge in [-0.25, -0.2) is 0 Å². The molecular weight excluding hydrogens is 326 g/mol. The summed E-state index contributed by atoms with van der Waals surface area (Å²) >= 11 is 0. The first-order valence-electron chi connectivity index (χ1n) is 8.00. The van der Waals surface area contributed by atoms with Crippen molar-refractivity contribution >= 4 is 11.9 Å². The fourth-order valence-electron chi connectivity index (χ4n) is 2.89. The summed E-state index contributed by atoms with van der Waals surface area (Å²) in [5, 5.41) is 19.8. The number of ether oxygens (including phenoxy) is 1. The van der Waals surface area contributed by atoms with Crippen LogP contribution in [0.3, 0.4) is 0 Å². The zero-order chi connectivity index (χ0) is 17.9. The average molecular weight is 345 g/mol. The minimum atomic E-state index is -0.940. The first-order valence-corrected chi connectivity index (χ1v) is 8.00. The third-order valence-electron chi connectivity index (χ3n) is 4.24. The fourth-order valence-corrected chi connectivity index (χ4v) is 2.89. The number of hydrogen-bond donors (Lipinski definition) is 2. The number of carbonyl (C=O) groups is 2. The predicted octanol–water partition coefficient (Wildman–Crippen LogP) is 1.80. The normalized spacial score (nSPS) is 16.4. The number of nitrogens with zero attached hydrogens (tertiary/aromatic N) is 2. The number of amides is 1. The summed E-state index contributed by atoms with van der Waals surface area (Å²) in [6.45, 7) is 2.57. The van der Waals surface area contributed by atoms with Crippen LogP contribution in [0, 0.1) is 6.92 Å². The molecule has 8 nitrogen and oxygen atoms in total. The lowest BCUT2D eigenvalue weighted by molar-refractivity contribution is -0.139. The molecule has 0 saturated carbocycles. The number of hydrogen-bond acceptors (Lipinski definition) is 6. The van der Waals surface area contributed by atoms with Crippen molar-refractivity contribution in [3.63, 3.8) is 0 Å². The maximum atomic E-state index is 12.6. The van der Waals surface area contributed by atoms with E-state index in [2.05, 4.69) is 15.5 Å². The van der Waals surface area contributed by atoms with Crippen LogP contribution in [-0.4, -0.2) is 45.9 Å². The second-order valence-corrected chi connectivity index (χ2v) is 6.12. The van der Waals surface area contributed by atoms with Gasteiger partial charge in [-0.1, -0.05) is 0 Å². The highest BCUT2D eigenvalue weighted by Gasteiger charge is 2.36. The molecule has 132 valence electrons. The standard InChI is InChI=1S/C17H19N3O5/c1-11-19-20-16(25-11)13-4-2-12(3-5-13)15(23)18-17(10-14(21)22)6-8-24-9-7-17/h2-5H,6-10H2,1H3,(H,18,23)(H,21,22). The van der Waals surface area contributed by atoms with E-state index < -0.39 is 11.5 Å². The van der Waals surface area contributed by atoms with E-state index >= 15 is 0 Å². The summed E-state index contributed by atoms with van der Waals surface area (Å²) in [6, 6.07) is 6.74. The Labute approximate surface area is 144 Å². The molecule has 1 aromatic heterocycles. The monoisotopic (exact) mass is 345 g/mol. The number of carboxylic acid groups (broad SMARTS) is 1. The van der Waals surface area contributed by atoms with Crippen LogP contribution < -0.4 is 5.32 Å². The maximum Gasteiger partial charge on any atom is 0.305 e. The van der Waals surface area contributed by atoms with Crippen LogP contribution in [0.15, 0.2) is 28.7 Å². The second-order valence-electron chi connectivity index (χ2n) is 6.12. The molecule has 1 amide bonds. The largest absolute Gasteiger partial charge is 0.481 e. The molecule has 0 atom stereocenters. The van der Waals surface area contributed by atoms with E-state index in [1.165, 1.54) is 0 Å². The molecule has 2 heterocycles. The number of nitrogens with one attached hydrogen (secondary N) is 1. The van der Waals surface area contributed by atoms with Gasteiger partial charge in [-0.3, -0.25) is 9.59 Å². The number of aryl methyl sites for hydroxylation is 1. The zero-order valence-electron chi connectivity index (χ0n) is 13.8. The van der Waals surface area contributed by atoms with Gasteiger partial charge in [0.25, 0.3) is 5.91 Å². The third kappa shape index (κ3) is 4.03. The van der Waals surface area contributed by atoms with Gasteiger partial charge in [0.2, 0.25) is 11.8 Å². The first-order chi connectivity index (χ1) is 12.0. The molecule has 8 heteroatoms. The molecule has 0 radical (unpaired) electrons. The smallest absolute Gasteiger partial charge is 0.305 e. The lowest BCUT2D eigenvalue weighted by Gasteiger charge is -2.36. The van der Waals surface area contributed by atoms with Crippen LogP contribution >= 0.6 is 0 Å². The molecule has 2 aromatic rings. The molecule has 0 bridgehead atoms. The lowest BCUT2D eigenvalue weighted by Crippen LogP contribution is -2.53. The van der Waals surface area contributed by atoms with Crippen molar-refractivity contribution in [3.8, 4) is 11.5 Å². The number of aliphatic carboxylic acids is 1. The van der Waals surface area contributed by atoms with Gasteiger partial charge < -0.3 is 19.6 Å². The highest BCUT2D eigenvalue weighted by molar-refractivity contribution is 5.95. The molecule has 0 aliphatic carbocycles. The Hall–Kier alpha value is -2.74. The number of carboxylic acids is 1. The molecule has 1 aliphatic rings. The van der Waals surface area contributed by atoms with Crippen molar-refractivity contribution in [2.24, 2.45) is 0 Å². The van der Waals surface area contributed by atoms with Gasteiger partial charge in [0, 0.05) is 31.3 Å². The van der Waals surface area contributed by atoms with Crippen LogP contribution in [0.25, 0.3) is 11.5 Å². The van der Waals surface area contributed by atoms with Crippen LogP contribution in [0.1, 0.15) is 35.5 Å². The van der Waals surface area contributed by atoms with Crippen LogP contribution in [0.2, 0.25) is 0 Å². The van der Waals surface area contributed by atoms with E-state index in [4.69, 9.17) is 14.3 Å². The van der Waals surface area contributed by atoms with Crippen LogP contribution in [0.4, 0.5) is 0 Å². The van der Waals surface area contributed by atoms with Crippen molar-refractivity contribution in [2.75, 3.05) is 13.2 Å². The van der Waals surface area contributed by atoms with E-state index in [0.29, 0.717) is 49.0 Å². The average Bonchev–Trinajstić information content (AvgIpc) is 3.01. The summed E-state index contributed by atoms with van der Waals surface area (Å²) < 4.78 is 10.6. The van der Waals surface area contributed by atoms with Gasteiger partial charge in [0.1, 0.15) is 0 Å². The minimum Gasteiger partial charge on any atom is -0.481 e. The fraction of sp³-hybridized carbons (Fsp3) is 0.412. The minimum absolute atomic E-state index is 0.124. The SMILES string of the molecule is Cc1nnc(-c2ccc(C(=O)NC3(CC(=O)O)CCOCC3)cc2)o1. The highest BCUT2D eigenvalue weighted by atomic mass is 16.5. The van der Waals surface area contributed by atoms with Crippen LogP contribution in [0.5, 0.6) is 0 Å². The maximum absolute atomic E-state index is 12.6. The lowest BCUT2D eigenvalue weighted by atomic mass is 9.86. The van der Waals surface area contributed by atoms with Gasteiger partial charge in [-0.05, 0) is 37.1 Å². The van der Waals surface area contributed by atoms with Crippen LogP contribution in [-0.2, 0) is 9.53 Å². The zero-order valence-corrected chi connectivity index (χ0v) is 13.8. The molecule has 0 unspecified atom stereocenters. The quantitative estimate of drug-likeness (QED) is 0.849. The van der Waals surface area contributed by atoms with Crippen molar-refractivity contribution in [2.45, 2.75) is 31.7 Å². The number of rotatable bonds is 5. The predicted molar refractivity (Wildman–Crippen MR) is 87.0 cm³/mol. The molecule has 1 aromatic carbocycles. The Kier molecular flexibility index (Phi) is 4.80. The molecule has 3 rings (SSSR count). The Bertz CT molecular complexity index is 763. The van der Waals surface area contributed by atoms with E-state index in [0.717, 1.165) is 0 Å². The van der Waals surface area contributed by atoms with Crippen molar-refractivity contribution < 1.29 is 23.8 Å². The van der Waals surface area contributed by atoms with Gasteiger partial charge >= 0.3 is 5.97 Å². The Morgan fingerprint density at radius 1 is 1.20 bits per heavy atom. The van der Waals surface area contributed by atoms with E-state index in [1.54, 1.807) is 31.2 Å². The first kappa shape index (κ1) is 17.1. The molecule has 1 saturated heterocycles. The molecule has 0 spiro atoms. The van der Waals surface area contributed by atoms with Crippen molar-refractivity contribution in [1.29, 1.82) is 0 Å². The Morgan fingerprint density at radius 2 is 1.88 bits per heavy atom. The van der Waals surface area contributed by atoms with E-state index in [1.807, 2.05) is 0 Å². The van der Waals surface area contributed by atoms with Crippen molar-refractivity contribution in [1.82, 2.24) is 15.5 Å². The molecule has 2 N–H and O–H groups in total. The summed E-state index contributed by atoms with van der Waals surface area (Å²) in [5.74, 6) is -0.399. The summed E-state index contributed by atoms with van der Waals surface area (Å²) in [7, 11) is 0. The van der Waals surface area contributed by atoms with Gasteiger partial charge in [0.05, 0.1) is 12.0 Å². The van der Waals surface area contributed by atoms with E-state index in [9.17, 15) is 9.59 Å². The van der Waals surface area contributed by atoms with Gasteiger partial charge in [0.15, 0.2) is 0 Å². The summed E-state index contributed by atoms with van der Waals surface area (Å²) in [6.07, 6.45) is 0.830. The van der Waals surface area contributed by atoms with E-state index in [-0.39, 0.29) is 12.3 Å². The van der Waals surface area contributed by atoms with Crippen molar-refractivity contribution in [3.05, 3.63) is 35.7 Å². The Balaban J connectivity index is 1.74. The molecule has 1 aliphatic heterocycles. The number of carbonyl (C=O) groups excluding carboxylic acids is 1.